The smallest absolute Gasteiger partial charge is 0.242 e. The normalized spacial score (nSPS) is 14.2. The molecule has 1 N–H and O–H groups in total. The summed E-state index contributed by atoms with van der Waals surface area (Å²) < 4.78 is 37.0. The minimum atomic E-state index is -3.46. The molecule has 1 heterocycles. The zero-order valence-electron chi connectivity index (χ0n) is 14.7. The molecule has 1 aliphatic heterocycles. The summed E-state index contributed by atoms with van der Waals surface area (Å²) in [6.45, 7) is 1.62. The lowest BCUT2D eigenvalue weighted by Gasteiger charge is -2.15. The molecule has 0 unspecified atom stereocenters. The number of sulfonamides is 1. The van der Waals surface area contributed by atoms with Crippen molar-refractivity contribution in [3.63, 3.8) is 0 Å². The number of benzene rings is 2. The van der Waals surface area contributed by atoms with Crippen molar-refractivity contribution in [3.8, 4) is 11.5 Å². The van der Waals surface area contributed by atoms with E-state index in [1.807, 2.05) is 12.1 Å². The Kier molecular flexibility index (Phi) is 5.60. The van der Waals surface area contributed by atoms with E-state index in [-0.39, 0.29) is 4.90 Å². The van der Waals surface area contributed by atoms with Crippen LogP contribution in [-0.2, 0) is 16.6 Å². The van der Waals surface area contributed by atoms with Crippen molar-refractivity contribution < 1.29 is 17.9 Å². The highest BCUT2D eigenvalue weighted by Gasteiger charge is 2.17. The van der Waals surface area contributed by atoms with E-state index >= 15 is 0 Å². The fourth-order valence-electron chi connectivity index (χ4n) is 2.54. The Labute approximate surface area is 158 Å². The SMILES string of the molecule is CN(C)S(=O)(=O)c1cccc(CNc2cc3c(cc2Cl)OCCCO3)c1. The van der Waals surface area contributed by atoms with Gasteiger partial charge in [0.1, 0.15) is 0 Å². The van der Waals surface area contributed by atoms with E-state index in [1.165, 1.54) is 18.4 Å². The minimum absolute atomic E-state index is 0.256. The molecule has 3 rings (SSSR count). The molecule has 0 saturated carbocycles. The van der Waals surface area contributed by atoms with Crippen molar-refractivity contribution in [1.82, 2.24) is 4.31 Å². The molecule has 0 fully saturated rings. The summed E-state index contributed by atoms with van der Waals surface area (Å²) >= 11 is 6.33. The number of hydrogen-bond acceptors (Lipinski definition) is 5. The number of nitrogens with zero attached hydrogens (tertiary/aromatic N) is 1. The maximum atomic E-state index is 12.3. The van der Waals surface area contributed by atoms with Gasteiger partial charge in [0.25, 0.3) is 0 Å². The van der Waals surface area contributed by atoms with Crippen LogP contribution in [0.1, 0.15) is 12.0 Å². The van der Waals surface area contributed by atoms with E-state index in [0.717, 1.165) is 12.0 Å². The number of rotatable bonds is 5. The van der Waals surface area contributed by atoms with Crippen LogP contribution in [0.2, 0.25) is 5.02 Å². The second-order valence-electron chi connectivity index (χ2n) is 6.12. The Hall–Kier alpha value is -1.96. The molecule has 0 atom stereocenters. The monoisotopic (exact) mass is 396 g/mol. The predicted octanol–water partition coefficient (Wildman–Crippen LogP) is 3.36. The molecule has 140 valence electrons. The van der Waals surface area contributed by atoms with Crippen LogP contribution in [0, 0.1) is 0 Å². The van der Waals surface area contributed by atoms with Gasteiger partial charge in [0.05, 0.1) is 28.8 Å². The molecular weight excluding hydrogens is 376 g/mol. The molecule has 0 bridgehead atoms. The lowest BCUT2D eigenvalue weighted by molar-refractivity contribution is 0.297. The van der Waals surface area contributed by atoms with Gasteiger partial charge in [-0.25, -0.2) is 12.7 Å². The van der Waals surface area contributed by atoms with Gasteiger partial charge in [0.15, 0.2) is 11.5 Å². The zero-order valence-corrected chi connectivity index (χ0v) is 16.2. The fourth-order valence-corrected chi connectivity index (χ4v) is 3.74. The molecule has 0 spiro atoms. The Bertz CT molecular complexity index is 900. The van der Waals surface area contributed by atoms with E-state index in [0.29, 0.717) is 42.0 Å². The van der Waals surface area contributed by atoms with Crippen molar-refractivity contribution in [2.45, 2.75) is 17.9 Å². The number of halogens is 1. The third kappa shape index (κ3) is 4.06. The number of fused-ring (bicyclic) bond motifs is 1. The van der Waals surface area contributed by atoms with Gasteiger partial charge in [-0.15, -0.1) is 0 Å². The largest absolute Gasteiger partial charge is 0.490 e. The number of hydrogen-bond donors (Lipinski definition) is 1. The van der Waals surface area contributed by atoms with Crippen LogP contribution in [-0.4, -0.2) is 40.0 Å². The van der Waals surface area contributed by atoms with Crippen molar-refractivity contribution in [3.05, 3.63) is 47.0 Å². The van der Waals surface area contributed by atoms with Crippen LogP contribution in [0.15, 0.2) is 41.3 Å². The summed E-state index contributed by atoms with van der Waals surface area (Å²) in [6.07, 6.45) is 0.822. The second-order valence-corrected chi connectivity index (χ2v) is 8.68. The third-order valence-corrected chi connectivity index (χ3v) is 6.12. The summed E-state index contributed by atoms with van der Waals surface area (Å²) in [6, 6.07) is 10.4. The van der Waals surface area contributed by atoms with Crippen molar-refractivity contribution >= 4 is 27.3 Å². The van der Waals surface area contributed by atoms with Gasteiger partial charge in [-0.05, 0) is 17.7 Å². The third-order valence-electron chi connectivity index (χ3n) is 4.00. The van der Waals surface area contributed by atoms with Gasteiger partial charge in [-0.1, -0.05) is 23.7 Å². The average molecular weight is 397 g/mol. The zero-order chi connectivity index (χ0) is 18.7. The van der Waals surface area contributed by atoms with Crippen LogP contribution in [0.5, 0.6) is 11.5 Å². The van der Waals surface area contributed by atoms with Gasteiger partial charge >= 0.3 is 0 Å². The van der Waals surface area contributed by atoms with E-state index in [9.17, 15) is 8.42 Å². The highest BCUT2D eigenvalue weighted by atomic mass is 35.5. The van der Waals surface area contributed by atoms with E-state index < -0.39 is 10.0 Å². The van der Waals surface area contributed by atoms with Crippen LogP contribution in [0.4, 0.5) is 5.69 Å². The first-order chi connectivity index (χ1) is 12.4. The van der Waals surface area contributed by atoms with Gasteiger partial charge in [-0.2, -0.15) is 0 Å². The Morgan fingerprint density at radius 1 is 1.12 bits per heavy atom. The summed E-state index contributed by atoms with van der Waals surface area (Å²) in [7, 11) is -0.440. The highest BCUT2D eigenvalue weighted by molar-refractivity contribution is 7.89. The van der Waals surface area contributed by atoms with Crippen molar-refractivity contribution in [1.29, 1.82) is 0 Å². The standard InChI is InChI=1S/C18H21ClN2O4S/c1-21(2)26(22,23)14-6-3-5-13(9-14)12-20-16-11-18-17(10-15(16)19)24-7-4-8-25-18/h3,5-6,9-11,20H,4,7-8,12H2,1-2H3. The molecule has 1 aliphatic rings. The molecular formula is C18H21ClN2O4S. The quantitative estimate of drug-likeness (QED) is 0.839. The molecule has 0 amide bonds. The molecule has 0 aliphatic carbocycles. The molecule has 0 radical (unpaired) electrons. The minimum Gasteiger partial charge on any atom is -0.490 e. The first-order valence-corrected chi connectivity index (χ1v) is 10.0. The van der Waals surface area contributed by atoms with E-state index in [4.69, 9.17) is 21.1 Å². The van der Waals surface area contributed by atoms with E-state index in [2.05, 4.69) is 5.32 Å². The summed E-state index contributed by atoms with van der Waals surface area (Å²) in [5.74, 6) is 1.29. The molecule has 0 saturated heterocycles. The summed E-state index contributed by atoms with van der Waals surface area (Å²) in [5, 5.41) is 3.75. The Morgan fingerprint density at radius 2 is 1.81 bits per heavy atom. The van der Waals surface area contributed by atoms with Gasteiger partial charge in [0, 0.05) is 39.2 Å². The first-order valence-electron chi connectivity index (χ1n) is 8.22. The summed E-state index contributed by atoms with van der Waals surface area (Å²) in [4.78, 5) is 0.256. The lowest BCUT2D eigenvalue weighted by atomic mass is 10.2. The second kappa shape index (κ2) is 7.73. The maximum Gasteiger partial charge on any atom is 0.242 e. The van der Waals surface area contributed by atoms with Crippen LogP contribution in [0.25, 0.3) is 0 Å². The van der Waals surface area contributed by atoms with Gasteiger partial charge in [0.2, 0.25) is 10.0 Å². The predicted molar refractivity (Wildman–Crippen MR) is 102 cm³/mol. The maximum absolute atomic E-state index is 12.3. The molecule has 26 heavy (non-hydrogen) atoms. The number of ether oxygens (including phenoxy) is 2. The van der Waals surface area contributed by atoms with Crippen LogP contribution < -0.4 is 14.8 Å². The molecule has 8 heteroatoms. The van der Waals surface area contributed by atoms with E-state index in [1.54, 1.807) is 24.3 Å². The summed E-state index contributed by atoms with van der Waals surface area (Å²) in [5.41, 5.74) is 1.54. The highest BCUT2D eigenvalue weighted by Crippen LogP contribution is 2.37. The lowest BCUT2D eigenvalue weighted by Crippen LogP contribution is -2.22. The van der Waals surface area contributed by atoms with Gasteiger partial charge in [-0.3, -0.25) is 0 Å². The van der Waals surface area contributed by atoms with Gasteiger partial charge < -0.3 is 14.8 Å². The number of nitrogens with one attached hydrogen (secondary N) is 1. The molecule has 6 nitrogen and oxygen atoms in total. The molecule has 2 aromatic rings. The first kappa shape index (κ1) is 18.8. The van der Waals surface area contributed by atoms with Crippen molar-refractivity contribution in [2.24, 2.45) is 0 Å². The fraction of sp³-hybridized carbons (Fsp3) is 0.333. The Balaban J connectivity index is 1.79. The van der Waals surface area contributed by atoms with Crippen LogP contribution >= 0.6 is 11.6 Å². The number of anilines is 1. The molecule has 0 aromatic heterocycles. The topological polar surface area (TPSA) is 67.9 Å². The molecule has 2 aromatic carbocycles. The Morgan fingerprint density at radius 3 is 2.50 bits per heavy atom. The average Bonchev–Trinajstić information content (AvgIpc) is 2.84. The van der Waals surface area contributed by atoms with Crippen LogP contribution in [0.3, 0.4) is 0 Å². The van der Waals surface area contributed by atoms with Crippen molar-refractivity contribution in [2.75, 3.05) is 32.6 Å².